The monoisotopic (exact) mass is 513 g/mol. The summed E-state index contributed by atoms with van der Waals surface area (Å²) in [5.74, 6) is 1.51. The van der Waals surface area contributed by atoms with Crippen LogP contribution in [-0.4, -0.2) is 23.2 Å². The maximum absolute atomic E-state index is 6.14. The van der Waals surface area contributed by atoms with Gasteiger partial charge in [0.2, 0.25) is 0 Å². The molecule has 1 heterocycles. The van der Waals surface area contributed by atoms with E-state index >= 15 is 0 Å². The number of rotatable bonds is 7. The Morgan fingerprint density at radius 2 is 1.61 bits per heavy atom. The van der Waals surface area contributed by atoms with Gasteiger partial charge in [0.15, 0.2) is 0 Å². The number of hydrogen-bond donors (Lipinski definition) is 2. The average molecular weight is 515 g/mol. The molecule has 3 aliphatic carbocycles. The first-order chi connectivity index (χ1) is 16.2. The number of hydrogen-bond acceptors (Lipinski definition) is 2. The van der Waals surface area contributed by atoms with Crippen molar-refractivity contribution in [3.63, 3.8) is 0 Å². The van der Waals surface area contributed by atoms with Crippen LogP contribution in [0.4, 0.5) is 0 Å². The standard InChI is InChI=1S/C29H44BrN3/c30-22-11-16-29-27(19-22)28(20-33(29)25-9-5-2-6-10-25)26(21-7-3-1-4-8-21)17-18-32-24-14-12-23(31)13-15-24/h11,16,19-21,23-26,32H,1-10,12-15,17-18,31H2/t23-,24-,26?. The van der Waals surface area contributed by atoms with Gasteiger partial charge in [-0.15, -0.1) is 0 Å². The zero-order valence-electron chi connectivity index (χ0n) is 20.4. The molecule has 3 aliphatic rings. The van der Waals surface area contributed by atoms with E-state index < -0.39 is 0 Å². The van der Waals surface area contributed by atoms with E-state index in [0.717, 1.165) is 12.5 Å². The van der Waals surface area contributed by atoms with Gasteiger partial charge in [-0.2, -0.15) is 0 Å². The second kappa shape index (κ2) is 11.3. The molecule has 0 saturated heterocycles. The number of fused-ring (bicyclic) bond motifs is 1. The van der Waals surface area contributed by atoms with Gasteiger partial charge >= 0.3 is 0 Å². The molecule has 1 unspecified atom stereocenters. The predicted octanol–water partition coefficient (Wildman–Crippen LogP) is 7.82. The molecule has 1 aromatic carbocycles. The molecular weight excluding hydrogens is 470 g/mol. The molecular formula is C29H44BrN3. The smallest absolute Gasteiger partial charge is 0.0486 e. The molecule has 0 radical (unpaired) electrons. The van der Waals surface area contributed by atoms with Gasteiger partial charge in [-0.3, -0.25) is 0 Å². The molecule has 0 amide bonds. The number of halogens is 1. The minimum atomic E-state index is 0.433. The van der Waals surface area contributed by atoms with Gasteiger partial charge in [0.25, 0.3) is 0 Å². The van der Waals surface area contributed by atoms with Crippen LogP contribution in [-0.2, 0) is 0 Å². The Morgan fingerprint density at radius 1 is 0.909 bits per heavy atom. The van der Waals surface area contributed by atoms with Gasteiger partial charge in [-0.05, 0) is 99.9 Å². The fraction of sp³-hybridized carbons (Fsp3) is 0.724. The summed E-state index contributed by atoms with van der Waals surface area (Å²) in [6.45, 7) is 1.14. The van der Waals surface area contributed by atoms with Crippen molar-refractivity contribution in [1.29, 1.82) is 0 Å². The van der Waals surface area contributed by atoms with Crippen molar-refractivity contribution in [2.75, 3.05) is 6.54 Å². The van der Waals surface area contributed by atoms with E-state index in [1.807, 2.05) is 0 Å². The molecule has 3 fully saturated rings. The van der Waals surface area contributed by atoms with E-state index in [-0.39, 0.29) is 0 Å². The van der Waals surface area contributed by atoms with Crippen molar-refractivity contribution in [2.24, 2.45) is 11.7 Å². The third-order valence-corrected chi connectivity index (χ3v) is 9.57. The van der Waals surface area contributed by atoms with E-state index in [0.29, 0.717) is 24.0 Å². The van der Waals surface area contributed by atoms with Crippen molar-refractivity contribution in [2.45, 2.75) is 120 Å². The Morgan fingerprint density at radius 3 is 2.33 bits per heavy atom. The number of nitrogens with one attached hydrogen (secondary N) is 1. The molecule has 182 valence electrons. The summed E-state index contributed by atoms with van der Waals surface area (Å²) in [5.41, 5.74) is 9.25. The van der Waals surface area contributed by atoms with Crippen LogP contribution < -0.4 is 11.1 Å². The Bertz CT molecular complexity index is 886. The van der Waals surface area contributed by atoms with Crippen molar-refractivity contribution >= 4 is 26.8 Å². The zero-order chi connectivity index (χ0) is 22.6. The Kier molecular flexibility index (Phi) is 8.15. The summed E-state index contributed by atoms with van der Waals surface area (Å²) in [5, 5.41) is 5.45. The molecule has 5 rings (SSSR count). The lowest BCUT2D eigenvalue weighted by Gasteiger charge is -2.32. The highest BCUT2D eigenvalue weighted by Crippen LogP contribution is 2.43. The number of benzene rings is 1. The van der Waals surface area contributed by atoms with Crippen LogP contribution in [0.15, 0.2) is 28.9 Å². The molecule has 3 saturated carbocycles. The molecule has 0 aliphatic heterocycles. The van der Waals surface area contributed by atoms with E-state index in [2.05, 4.69) is 50.2 Å². The van der Waals surface area contributed by atoms with Crippen molar-refractivity contribution in [3.05, 3.63) is 34.4 Å². The van der Waals surface area contributed by atoms with Crippen molar-refractivity contribution in [3.8, 4) is 0 Å². The molecule has 3 nitrogen and oxygen atoms in total. The lowest BCUT2D eigenvalue weighted by molar-refractivity contribution is 0.282. The number of nitrogens with zero attached hydrogens (tertiary/aromatic N) is 1. The SMILES string of the molecule is N[C@H]1CC[C@H](NCCC(c2cn(C3CCCCC3)c3ccc(Br)cc23)C2CCCCC2)CC1. The predicted molar refractivity (Wildman–Crippen MR) is 144 cm³/mol. The van der Waals surface area contributed by atoms with Crippen molar-refractivity contribution < 1.29 is 0 Å². The van der Waals surface area contributed by atoms with E-state index in [4.69, 9.17) is 5.73 Å². The van der Waals surface area contributed by atoms with Gasteiger partial charge in [0, 0.05) is 39.7 Å². The van der Waals surface area contributed by atoms with Gasteiger partial charge in [-0.25, -0.2) is 0 Å². The lowest BCUT2D eigenvalue weighted by atomic mass is 9.75. The van der Waals surface area contributed by atoms with Crippen molar-refractivity contribution in [1.82, 2.24) is 9.88 Å². The summed E-state index contributed by atoms with van der Waals surface area (Å²) in [4.78, 5) is 0. The lowest BCUT2D eigenvalue weighted by Crippen LogP contribution is -2.38. The van der Waals surface area contributed by atoms with Gasteiger partial charge in [0.05, 0.1) is 0 Å². The average Bonchev–Trinajstić information content (AvgIpc) is 3.22. The van der Waals surface area contributed by atoms with Crippen LogP contribution in [0.5, 0.6) is 0 Å². The maximum Gasteiger partial charge on any atom is 0.0486 e. The molecule has 1 aromatic heterocycles. The molecule has 4 heteroatoms. The molecule has 1 atom stereocenters. The van der Waals surface area contributed by atoms with E-state index in [9.17, 15) is 0 Å². The number of aromatic nitrogens is 1. The number of nitrogens with two attached hydrogens (primary N) is 1. The summed E-state index contributed by atoms with van der Waals surface area (Å²) in [6.07, 6.45) is 22.7. The third kappa shape index (κ3) is 5.70. The van der Waals surface area contributed by atoms with Crippen LogP contribution in [0.3, 0.4) is 0 Å². The fourth-order valence-corrected chi connectivity index (χ4v) is 7.52. The summed E-state index contributed by atoms with van der Waals surface area (Å²) < 4.78 is 3.90. The van der Waals surface area contributed by atoms with Crippen LogP contribution in [0.2, 0.25) is 0 Å². The Balaban J connectivity index is 1.41. The highest BCUT2D eigenvalue weighted by atomic mass is 79.9. The van der Waals surface area contributed by atoms with Crippen LogP contribution in [0.25, 0.3) is 10.9 Å². The zero-order valence-corrected chi connectivity index (χ0v) is 22.0. The summed E-state index contributed by atoms with van der Waals surface area (Å²) >= 11 is 3.79. The minimum Gasteiger partial charge on any atom is -0.344 e. The Hall–Kier alpha value is -0.840. The van der Waals surface area contributed by atoms with Crippen LogP contribution in [0, 0.1) is 5.92 Å². The highest BCUT2D eigenvalue weighted by Gasteiger charge is 2.29. The largest absolute Gasteiger partial charge is 0.344 e. The molecule has 2 aromatic rings. The third-order valence-electron chi connectivity index (χ3n) is 9.07. The van der Waals surface area contributed by atoms with E-state index in [1.54, 1.807) is 5.56 Å². The molecule has 3 N–H and O–H groups in total. The normalized spacial score (nSPS) is 26.6. The summed E-state index contributed by atoms with van der Waals surface area (Å²) in [6, 6.07) is 8.83. The Labute approximate surface area is 209 Å². The minimum absolute atomic E-state index is 0.433. The first-order valence-corrected chi connectivity index (χ1v) is 14.8. The fourth-order valence-electron chi connectivity index (χ4n) is 7.16. The maximum atomic E-state index is 6.14. The van der Waals surface area contributed by atoms with Crippen LogP contribution >= 0.6 is 15.9 Å². The topological polar surface area (TPSA) is 43.0 Å². The van der Waals surface area contributed by atoms with Gasteiger partial charge < -0.3 is 15.6 Å². The molecule has 0 bridgehead atoms. The van der Waals surface area contributed by atoms with Crippen LogP contribution in [0.1, 0.15) is 114 Å². The first kappa shape index (κ1) is 23.9. The molecule has 33 heavy (non-hydrogen) atoms. The van der Waals surface area contributed by atoms with Gasteiger partial charge in [0.1, 0.15) is 0 Å². The second-order valence-corrected chi connectivity index (χ2v) is 12.2. The summed E-state index contributed by atoms with van der Waals surface area (Å²) in [7, 11) is 0. The first-order valence-electron chi connectivity index (χ1n) is 14.0. The molecule has 0 spiro atoms. The second-order valence-electron chi connectivity index (χ2n) is 11.3. The highest BCUT2D eigenvalue weighted by molar-refractivity contribution is 9.10. The quantitative estimate of drug-likeness (QED) is 0.396. The van der Waals surface area contributed by atoms with E-state index in [1.165, 1.54) is 112 Å². The van der Waals surface area contributed by atoms with Gasteiger partial charge in [-0.1, -0.05) is 54.5 Å².